The first-order valence-electron chi connectivity index (χ1n) is 9.47. The van der Waals surface area contributed by atoms with Crippen LogP contribution in [0.25, 0.3) is 0 Å². The highest BCUT2D eigenvalue weighted by molar-refractivity contribution is 6.62. The van der Waals surface area contributed by atoms with Gasteiger partial charge in [0.15, 0.2) is 0 Å². The third-order valence-corrected chi connectivity index (χ3v) is 5.98. The molecule has 1 atom stereocenters. The highest BCUT2D eigenvalue weighted by Crippen LogP contribution is 2.37. The Balaban J connectivity index is 1.98. The molecule has 2 saturated heterocycles. The number of piperidine rings is 1. The molecule has 2 fully saturated rings. The molecule has 1 amide bonds. The van der Waals surface area contributed by atoms with E-state index >= 15 is 4.39 Å². The molecular formula is C19H23BF5NO3. The van der Waals surface area contributed by atoms with Crippen LogP contribution in [-0.4, -0.2) is 47.9 Å². The van der Waals surface area contributed by atoms with Crippen molar-refractivity contribution in [2.45, 2.75) is 70.4 Å². The third kappa shape index (κ3) is 3.88. The molecule has 0 N–H and O–H groups in total. The van der Waals surface area contributed by atoms with Crippen LogP contribution < -0.4 is 5.46 Å². The topological polar surface area (TPSA) is 38.8 Å². The highest BCUT2D eigenvalue weighted by Gasteiger charge is 2.53. The molecule has 2 aliphatic rings. The number of carbonyl (C=O) groups excluding carboxylic acids is 1. The molecule has 0 saturated carbocycles. The second-order valence-corrected chi connectivity index (χ2v) is 8.47. The summed E-state index contributed by atoms with van der Waals surface area (Å²) in [5.41, 5.74) is -2.87. The zero-order valence-corrected chi connectivity index (χ0v) is 16.7. The van der Waals surface area contributed by atoms with Gasteiger partial charge < -0.3 is 14.2 Å². The molecule has 1 unspecified atom stereocenters. The van der Waals surface area contributed by atoms with Crippen molar-refractivity contribution in [3.8, 4) is 0 Å². The lowest BCUT2D eigenvalue weighted by Gasteiger charge is -2.37. The predicted molar refractivity (Wildman–Crippen MR) is 96.8 cm³/mol. The van der Waals surface area contributed by atoms with Crippen LogP contribution in [-0.2, 0) is 9.31 Å². The van der Waals surface area contributed by atoms with E-state index in [4.69, 9.17) is 9.31 Å². The Kier molecular flexibility index (Phi) is 5.49. The van der Waals surface area contributed by atoms with Gasteiger partial charge in [-0.2, -0.15) is 13.2 Å². The highest BCUT2D eigenvalue weighted by atomic mass is 19.4. The quantitative estimate of drug-likeness (QED) is 0.541. The largest absolute Gasteiger partial charge is 0.497 e. The van der Waals surface area contributed by atoms with Gasteiger partial charge in [-0.25, -0.2) is 8.78 Å². The molecule has 29 heavy (non-hydrogen) atoms. The Morgan fingerprint density at radius 2 is 1.69 bits per heavy atom. The van der Waals surface area contributed by atoms with Crippen molar-refractivity contribution in [2.24, 2.45) is 0 Å². The van der Waals surface area contributed by atoms with Crippen molar-refractivity contribution in [2.75, 3.05) is 6.54 Å². The number of benzene rings is 1. The van der Waals surface area contributed by atoms with Gasteiger partial charge >= 0.3 is 13.3 Å². The van der Waals surface area contributed by atoms with Crippen molar-refractivity contribution < 1.29 is 36.1 Å². The third-order valence-electron chi connectivity index (χ3n) is 5.98. The minimum atomic E-state index is -4.67. The number of amides is 1. The molecule has 3 rings (SSSR count). The summed E-state index contributed by atoms with van der Waals surface area (Å²) >= 11 is 0. The van der Waals surface area contributed by atoms with Gasteiger partial charge in [0, 0.05) is 12.0 Å². The summed E-state index contributed by atoms with van der Waals surface area (Å²) in [6.45, 7) is 6.73. The monoisotopic (exact) mass is 419 g/mol. The normalized spacial score (nSPS) is 24.1. The first-order chi connectivity index (χ1) is 13.3. The van der Waals surface area contributed by atoms with Crippen LogP contribution in [0.2, 0.25) is 0 Å². The summed E-state index contributed by atoms with van der Waals surface area (Å²) in [5.74, 6) is -3.81. The lowest BCUT2D eigenvalue weighted by Crippen LogP contribution is -2.52. The van der Waals surface area contributed by atoms with Gasteiger partial charge in [-0.1, -0.05) is 6.07 Å². The molecule has 1 aromatic carbocycles. The molecule has 0 aromatic heterocycles. The molecule has 0 bridgehead atoms. The molecule has 4 nitrogen and oxygen atoms in total. The van der Waals surface area contributed by atoms with Gasteiger partial charge in [0.25, 0.3) is 5.91 Å². The fourth-order valence-corrected chi connectivity index (χ4v) is 3.58. The van der Waals surface area contributed by atoms with Gasteiger partial charge in [0.2, 0.25) is 0 Å². The molecule has 0 spiro atoms. The molecule has 0 radical (unpaired) electrons. The maximum atomic E-state index is 15.2. The average Bonchev–Trinajstić information content (AvgIpc) is 2.81. The number of hydrogen-bond donors (Lipinski definition) is 0. The maximum absolute atomic E-state index is 15.2. The minimum absolute atomic E-state index is 0.220. The van der Waals surface area contributed by atoms with E-state index in [1.54, 1.807) is 27.7 Å². The standard InChI is InChI=1S/C19H23BF5NO3/c1-17(2)18(3,4)29-20(28-17)11-8-9-12(21)14(15(11)22)16(27)26-10-6-5-7-13(26)19(23,24)25/h8-9,13H,5-7,10H2,1-4H3. The molecule has 2 aliphatic heterocycles. The zero-order chi connectivity index (χ0) is 21.8. The number of alkyl halides is 3. The van der Waals surface area contributed by atoms with Gasteiger partial charge in [0.1, 0.15) is 23.2 Å². The molecule has 10 heteroatoms. The Morgan fingerprint density at radius 1 is 1.10 bits per heavy atom. The number of carbonyl (C=O) groups is 1. The van der Waals surface area contributed by atoms with Crippen LogP contribution in [0.4, 0.5) is 22.0 Å². The number of nitrogens with zero attached hydrogens (tertiary/aromatic N) is 1. The summed E-state index contributed by atoms with van der Waals surface area (Å²) in [7, 11) is -1.22. The minimum Gasteiger partial charge on any atom is -0.399 e. The molecule has 160 valence electrons. The van der Waals surface area contributed by atoms with E-state index in [1.165, 1.54) is 0 Å². The summed E-state index contributed by atoms with van der Waals surface area (Å²) < 4.78 is 81.1. The van der Waals surface area contributed by atoms with E-state index in [0.29, 0.717) is 11.3 Å². The van der Waals surface area contributed by atoms with E-state index in [-0.39, 0.29) is 24.8 Å². The Labute approximate surface area is 166 Å². The summed E-state index contributed by atoms with van der Waals surface area (Å²) in [6.07, 6.45) is -4.35. The first kappa shape index (κ1) is 22.0. The maximum Gasteiger partial charge on any atom is 0.497 e. The Hall–Kier alpha value is -1.68. The summed E-state index contributed by atoms with van der Waals surface area (Å²) in [5, 5.41) is 0. The number of halogens is 5. The van der Waals surface area contributed by atoms with Crippen LogP contribution in [0.1, 0.15) is 57.3 Å². The lowest BCUT2D eigenvalue weighted by molar-refractivity contribution is -0.183. The van der Waals surface area contributed by atoms with Gasteiger partial charge in [-0.05, 0) is 53.0 Å². The zero-order valence-electron chi connectivity index (χ0n) is 16.7. The fraction of sp³-hybridized carbons (Fsp3) is 0.632. The lowest BCUT2D eigenvalue weighted by atomic mass is 9.77. The summed E-state index contributed by atoms with van der Waals surface area (Å²) in [6, 6.07) is -0.132. The van der Waals surface area contributed by atoms with Crippen molar-refractivity contribution in [1.29, 1.82) is 0 Å². The first-order valence-corrected chi connectivity index (χ1v) is 9.47. The number of likely N-dealkylation sites (tertiary alicyclic amines) is 1. The van der Waals surface area contributed by atoms with Crippen molar-refractivity contribution in [3.63, 3.8) is 0 Å². The van der Waals surface area contributed by atoms with Gasteiger partial charge in [-0.15, -0.1) is 0 Å². The molecule has 1 aromatic rings. The molecule has 0 aliphatic carbocycles. The molecular weight excluding hydrogens is 396 g/mol. The van der Waals surface area contributed by atoms with Crippen LogP contribution in [0.3, 0.4) is 0 Å². The second-order valence-electron chi connectivity index (χ2n) is 8.47. The SMILES string of the molecule is CC1(C)OB(c2ccc(F)c(C(=O)N3CCCCC3C(F)(F)F)c2F)OC1(C)C. The molecule has 2 heterocycles. The Bertz CT molecular complexity index is 796. The second kappa shape index (κ2) is 7.23. The van der Waals surface area contributed by atoms with Crippen LogP contribution in [0.5, 0.6) is 0 Å². The smallest absolute Gasteiger partial charge is 0.399 e. The Morgan fingerprint density at radius 3 is 2.24 bits per heavy atom. The van der Waals surface area contributed by atoms with Gasteiger partial charge in [-0.3, -0.25) is 4.79 Å². The fourth-order valence-electron chi connectivity index (χ4n) is 3.58. The van der Waals surface area contributed by atoms with E-state index in [0.717, 1.165) is 12.1 Å². The number of hydrogen-bond acceptors (Lipinski definition) is 3. The number of rotatable bonds is 2. The van der Waals surface area contributed by atoms with Crippen LogP contribution >= 0.6 is 0 Å². The van der Waals surface area contributed by atoms with Crippen LogP contribution in [0, 0.1) is 11.6 Å². The van der Waals surface area contributed by atoms with E-state index in [9.17, 15) is 22.4 Å². The van der Waals surface area contributed by atoms with E-state index in [1.807, 2.05) is 0 Å². The summed E-state index contributed by atoms with van der Waals surface area (Å²) in [4.78, 5) is 13.3. The van der Waals surface area contributed by atoms with Crippen molar-refractivity contribution >= 4 is 18.5 Å². The van der Waals surface area contributed by atoms with Crippen LogP contribution in [0.15, 0.2) is 12.1 Å². The van der Waals surface area contributed by atoms with Crippen molar-refractivity contribution in [1.82, 2.24) is 4.90 Å². The predicted octanol–water partition coefficient (Wildman–Crippen LogP) is 3.82. The average molecular weight is 419 g/mol. The van der Waals surface area contributed by atoms with Crippen molar-refractivity contribution in [3.05, 3.63) is 29.3 Å². The van der Waals surface area contributed by atoms with Gasteiger partial charge in [0.05, 0.1) is 11.2 Å². The van der Waals surface area contributed by atoms with E-state index in [2.05, 4.69) is 0 Å². The van der Waals surface area contributed by atoms with E-state index < -0.39 is 53.6 Å².